The molecule has 4 heteroatoms. The Hall–Kier alpha value is -1.06. The second-order valence-corrected chi connectivity index (χ2v) is 7.33. The number of carboxylic acids is 1. The molecule has 1 amide bonds. The van der Waals surface area contributed by atoms with Crippen molar-refractivity contribution in [3.8, 4) is 0 Å². The van der Waals surface area contributed by atoms with E-state index < -0.39 is 11.9 Å². The van der Waals surface area contributed by atoms with E-state index in [1.54, 1.807) is 0 Å². The summed E-state index contributed by atoms with van der Waals surface area (Å²) in [5, 5.41) is 9.22. The fourth-order valence-electron chi connectivity index (χ4n) is 3.76. The van der Waals surface area contributed by atoms with Gasteiger partial charge in [0.15, 0.2) is 0 Å². The number of hydrogen-bond acceptors (Lipinski definition) is 2. The molecule has 2 aliphatic carbocycles. The van der Waals surface area contributed by atoms with Crippen LogP contribution >= 0.6 is 0 Å². The molecule has 0 bridgehead atoms. The van der Waals surface area contributed by atoms with Crippen LogP contribution in [0.5, 0.6) is 0 Å². The van der Waals surface area contributed by atoms with E-state index in [0.29, 0.717) is 17.9 Å². The molecule has 0 saturated heterocycles. The van der Waals surface area contributed by atoms with Crippen LogP contribution in [0, 0.1) is 17.3 Å². The van der Waals surface area contributed by atoms with E-state index in [2.05, 4.69) is 13.8 Å². The van der Waals surface area contributed by atoms with Crippen molar-refractivity contribution in [3.05, 3.63) is 0 Å². The number of carbonyl (C=O) groups excluding carboxylic acids is 1. The Morgan fingerprint density at radius 3 is 2.15 bits per heavy atom. The molecule has 114 valence electrons. The molecule has 1 N–H and O–H groups in total. The fourth-order valence-corrected chi connectivity index (χ4v) is 3.76. The maximum absolute atomic E-state index is 12.6. The summed E-state index contributed by atoms with van der Waals surface area (Å²) >= 11 is 0. The van der Waals surface area contributed by atoms with Crippen LogP contribution in [-0.2, 0) is 9.59 Å². The quantitative estimate of drug-likeness (QED) is 0.865. The van der Waals surface area contributed by atoms with Gasteiger partial charge in [0.25, 0.3) is 0 Å². The Morgan fingerprint density at radius 2 is 1.60 bits per heavy atom. The van der Waals surface area contributed by atoms with E-state index >= 15 is 0 Å². The predicted molar refractivity (Wildman–Crippen MR) is 77.3 cm³/mol. The zero-order valence-corrected chi connectivity index (χ0v) is 12.9. The monoisotopic (exact) mass is 281 g/mol. The lowest BCUT2D eigenvalue weighted by Gasteiger charge is -2.39. The van der Waals surface area contributed by atoms with Crippen LogP contribution in [0.2, 0.25) is 0 Å². The SMILES string of the molecule is CN(C(=O)[C@@H]1CCC[C@@H]1C(=O)O)C1CCC(C)(C)CC1. The number of rotatable bonds is 3. The maximum atomic E-state index is 12.6. The molecule has 4 nitrogen and oxygen atoms in total. The smallest absolute Gasteiger partial charge is 0.307 e. The topological polar surface area (TPSA) is 57.6 Å². The first-order valence-corrected chi connectivity index (χ1v) is 7.81. The average Bonchev–Trinajstić information content (AvgIpc) is 2.86. The molecule has 2 atom stereocenters. The van der Waals surface area contributed by atoms with Gasteiger partial charge in [-0.2, -0.15) is 0 Å². The van der Waals surface area contributed by atoms with Crippen molar-refractivity contribution in [2.45, 2.75) is 64.8 Å². The van der Waals surface area contributed by atoms with E-state index in [4.69, 9.17) is 0 Å². The number of carbonyl (C=O) groups is 2. The highest BCUT2D eigenvalue weighted by Gasteiger charge is 2.41. The average molecular weight is 281 g/mol. The van der Waals surface area contributed by atoms with E-state index in [9.17, 15) is 14.7 Å². The molecule has 0 aromatic carbocycles. The van der Waals surface area contributed by atoms with Gasteiger partial charge in [0, 0.05) is 13.1 Å². The minimum Gasteiger partial charge on any atom is -0.481 e. The maximum Gasteiger partial charge on any atom is 0.307 e. The number of aliphatic carboxylic acids is 1. The van der Waals surface area contributed by atoms with Gasteiger partial charge in [-0.25, -0.2) is 0 Å². The first kappa shape index (κ1) is 15.3. The summed E-state index contributed by atoms with van der Waals surface area (Å²) < 4.78 is 0. The third-order valence-corrected chi connectivity index (χ3v) is 5.35. The van der Waals surface area contributed by atoms with Crippen LogP contribution in [0.3, 0.4) is 0 Å². The Morgan fingerprint density at radius 1 is 1.05 bits per heavy atom. The number of amides is 1. The highest BCUT2D eigenvalue weighted by atomic mass is 16.4. The highest BCUT2D eigenvalue weighted by molar-refractivity contribution is 5.85. The Kier molecular flexibility index (Phi) is 4.40. The van der Waals surface area contributed by atoms with Crippen LogP contribution in [0.4, 0.5) is 0 Å². The molecular weight excluding hydrogens is 254 g/mol. The van der Waals surface area contributed by atoms with E-state index in [1.165, 1.54) is 0 Å². The Balaban J connectivity index is 1.97. The Labute approximate surface area is 121 Å². The first-order chi connectivity index (χ1) is 9.32. The summed E-state index contributed by atoms with van der Waals surface area (Å²) in [6.07, 6.45) is 6.61. The number of nitrogens with zero attached hydrogens (tertiary/aromatic N) is 1. The number of hydrogen-bond donors (Lipinski definition) is 1. The lowest BCUT2D eigenvalue weighted by Crippen LogP contribution is -2.45. The molecule has 20 heavy (non-hydrogen) atoms. The standard InChI is InChI=1S/C16H27NO3/c1-16(2)9-7-11(8-10-16)17(3)14(18)12-5-4-6-13(12)15(19)20/h11-13H,4-10H2,1-3H3,(H,19,20)/t12-,13+/m1/s1. The van der Waals surface area contributed by atoms with Gasteiger partial charge >= 0.3 is 5.97 Å². The molecule has 0 heterocycles. The fraction of sp³-hybridized carbons (Fsp3) is 0.875. The minimum absolute atomic E-state index is 0.0552. The molecule has 0 aliphatic heterocycles. The summed E-state index contributed by atoms with van der Waals surface area (Å²) in [6, 6.07) is 0.297. The van der Waals surface area contributed by atoms with Crippen molar-refractivity contribution in [2.24, 2.45) is 17.3 Å². The van der Waals surface area contributed by atoms with Gasteiger partial charge in [0.1, 0.15) is 0 Å². The van der Waals surface area contributed by atoms with Crippen LogP contribution in [0.1, 0.15) is 58.8 Å². The van der Waals surface area contributed by atoms with Crippen molar-refractivity contribution in [1.82, 2.24) is 4.90 Å². The van der Waals surface area contributed by atoms with E-state index in [1.807, 2.05) is 11.9 Å². The molecule has 2 fully saturated rings. The molecule has 0 aromatic rings. The van der Waals surface area contributed by atoms with Gasteiger partial charge < -0.3 is 10.0 Å². The summed E-state index contributed by atoms with van der Waals surface area (Å²) in [4.78, 5) is 25.7. The lowest BCUT2D eigenvalue weighted by atomic mass is 9.75. The summed E-state index contributed by atoms with van der Waals surface area (Å²) in [5.74, 6) is -1.52. The summed E-state index contributed by atoms with van der Waals surface area (Å²) in [5.41, 5.74) is 0.386. The van der Waals surface area contributed by atoms with E-state index in [-0.39, 0.29) is 11.8 Å². The molecule has 0 unspecified atom stereocenters. The normalized spacial score (nSPS) is 30.1. The van der Waals surface area contributed by atoms with Crippen LogP contribution < -0.4 is 0 Å². The second kappa shape index (κ2) is 5.74. The molecule has 2 aliphatic rings. The van der Waals surface area contributed by atoms with Gasteiger partial charge in [-0.05, 0) is 43.9 Å². The van der Waals surface area contributed by atoms with E-state index in [0.717, 1.165) is 38.5 Å². The van der Waals surface area contributed by atoms with Gasteiger partial charge in [-0.1, -0.05) is 20.3 Å². The third-order valence-electron chi connectivity index (χ3n) is 5.35. The largest absolute Gasteiger partial charge is 0.481 e. The minimum atomic E-state index is -0.806. The molecule has 2 saturated carbocycles. The van der Waals surface area contributed by atoms with Crippen molar-refractivity contribution in [3.63, 3.8) is 0 Å². The zero-order chi connectivity index (χ0) is 14.9. The molecule has 2 rings (SSSR count). The highest BCUT2D eigenvalue weighted by Crippen LogP contribution is 2.38. The van der Waals surface area contributed by atoms with Crippen LogP contribution in [0.25, 0.3) is 0 Å². The second-order valence-electron chi connectivity index (χ2n) is 7.33. The summed E-state index contributed by atoms with van der Waals surface area (Å²) in [6.45, 7) is 4.56. The molecule has 0 radical (unpaired) electrons. The van der Waals surface area contributed by atoms with Gasteiger partial charge in [0.2, 0.25) is 5.91 Å². The predicted octanol–water partition coefficient (Wildman–Crippen LogP) is 2.91. The Bertz CT molecular complexity index is 381. The number of carboxylic acid groups (broad SMARTS) is 1. The lowest BCUT2D eigenvalue weighted by molar-refractivity contribution is -0.149. The van der Waals surface area contributed by atoms with Gasteiger partial charge in [0.05, 0.1) is 11.8 Å². The van der Waals surface area contributed by atoms with Crippen molar-refractivity contribution in [2.75, 3.05) is 7.05 Å². The van der Waals surface area contributed by atoms with Gasteiger partial charge in [-0.3, -0.25) is 9.59 Å². The molecular formula is C16H27NO3. The molecule has 0 spiro atoms. The van der Waals surface area contributed by atoms with Crippen molar-refractivity contribution < 1.29 is 14.7 Å². The molecule has 0 aromatic heterocycles. The van der Waals surface area contributed by atoms with Crippen LogP contribution in [0.15, 0.2) is 0 Å². The summed E-state index contributed by atoms with van der Waals surface area (Å²) in [7, 11) is 1.86. The third kappa shape index (κ3) is 3.15. The van der Waals surface area contributed by atoms with Crippen LogP contribution in [-0.4, -0.2) is 35.0 Å². The van der Waals surface area contributed by atoms with Crippen molar-refractivity contribution in [1.29, 1.82) is 0 Å². The van der Waals surface area contributed by atoms with Crippen molar-refractivity contribution >= 4 is 11.9 Å². The first-order valence-electron chi connectivity index (χ1n) is 7.81. The zero-order valence-electron chi connectivity index (χ0n) is 12.9. The van der Waals surface area contributed by atoms with Gasteiger partial charge in [-0.15, -0.1) is 0 Å².